The number of methoxy groups -OCH3 is 1. The minimum absolute atomic E-state index is 0.239. The Balaban J connectivity index is 2.52. The van der Waals surface area contributed by atoms with Crippen molar-refractivity contribution in [3.63, 3.8) is 0 Å². The fraction of sp³-hybridized carbons (Fsp3) is 0.435. The summed E-state index contributed by atoms with van der Waals surface area (Å²) in [6, 6.07) is 11.2. The summed E-state index contributed by atoms with van der Waals surface area (Å²) in [5.41, 5.74) is 4.33. The van der Waals surface area contributed by atoms with Crippen LogP contribution in [0, 0.1) is 5.82 Å². The van der Waals surface area contributed by atoms with Crippen LogP contribution in [0.15, 0.2) is 39.9 Å². The third-order valence-electron chi connectivity index (χ3n) is 4.69. The van der Waals surface area contributed by atoms with E-state index in [9.17, 15) is 4.39 Å². The van der Waals surface area contributed by atoms with E-state index < -0.39 is 17.9 Å². The van der Waals surface area contributed by atoms with Crippen LogP contribution in [0.1, 0.15) is 70.1 Å². The van der Waals surface area contributed by atoms with Crippen molar-refractivity contribution in [3.05, 3.63) is 58.9 Å². The molecule has 2 aromatic rings. The van der Waals surface area contributed by atoms with Crippen LogP contribution < -0.4 is 4.74 Å². The molecule has 27 heavy (non-hydrogen) atoms. The molecular formula is C23H30FMoNO. The molecule has 4 heteroatoms. The Morgan fingerprint density at radius 2 is 1.63 bits per heavy atom. The molecule has 0 saturated carbocycles. The van der Waals surface area contributed by atoms with Gasteiger partial charge in [0.1, 0.15) is 0 Å². The minimum atomic E-state index is -0.765. The first-order chi connectivity index (χ1) is 12.7. The summed E-state index contributed by atoms with van der Waals surface area (Å²) < 4.78 is 26.6. The molecule has 0 unspecified atom stereocenters. The second-order valence-electron chi connectivity index (χ2n) is 7.98. The van der Waals surface area contributed by atoms with E-state index in [4.69, 9.17) is 8.23 Å². The molecule has 2 rings (SSSR count). The van der Waals surface area contributed by atoms with Crippen LogP contribution >= 0.6 is 0 Å². The summed E-state index contributed by atoms with van der Waals surface area (Å²) in [6.45, 7) is 13.0. The van der Waals surface area contributed by atoms with E-state index in [1.807, 2.05) is 0 Å². The molecule has 0 aliphatic rings. The van der Waals surface area contributed by atoms with Crippen LogP contribution in [0.2, 0.25) is 0 Å². The summed E-state index contributed by atoms with van der Waals surface area (Å²) in [6.07, 6.45) is 0. The van der Waals surface area contributed by atoms with Crippen molar-refractivity contribution < 1.29 is 27.0 Å². The van der Waals surface area contributed by atoms with Gasteiger partial charge in [-0.05, 0) is 0 Å². The van der Waals surface area contributed by atoms with E-state index >= 15 is 0 Å². The Kier molecular flexibility index (Phi) is 7.39. The fourth-order valence-corrected chi connectivity index (χ4v) is 4.94. The van der Waals surface area contributed by atoms with Crippen LogP contribution in [0.5, 0.6) is 5.75 Å². The van der Waals surface area contributed by atoms with Gasteiger partial charge in [0.25, 0.3) is 0 Å². The van der Waals surface area contributed by atoms with Crippen molar-refractivity contribution >= 4 is 10.1 Å². The fourth-order valence-electron chi connectivity index (χ4n) is 3.08. The van der Waals surface area contributed by atoms with Gasteiger partial charge in [-0.3, -0.25) is 0 Å². The molecular weight excluding hydrogens is 421 g/mol. The first-order valence-corrected chi connectivity index (χ1v) is 11.4. The zero-order valence-corrected chi connectivity index (χ0v) is 19.3. The number of halogens is 1. The van der Waals surface area contributed by atoms with Crippen LogP contribution in [0.25, 0.3) is 0 Å². The van der Waals surface area contributed by atoms with E-state index in [-0.39, 0.29) is 11.2 Å². The number of nitrogens with zero attached hydrogens (tertiary/aromatic N) is 1. The first kappa shape index (κ1) is 21.8. The SMILES string of the molecule is COc1ccc(F)cc1C(C)(C)[CH]=[Mo]=[N]c1c(C(C)C)cccc1C(C)C. The third kappa shape index (κ3) is 5.29. The molecule has 146 valence electrons. The van der Waals surface area contributed by atoms with Crippen LogP contribution in [-0.4, -0.2) is 11.5 Å². The molecule has 0 atom stereocenters. The molecule has 0 aromatic heterocycles. The molecule has 0 saturated heterocycles. The number of benzene rings is 2. The van der Waals surface area contributed by atoms with Crippen LogP contribution in [0.4, 0.5) is 10.1 Å². The van der Waals surface area contributed by atoms with Crippen LogP contribution in [0.3, 0.4) is 0 Å². The number of hydrogen-bond acceptors (Lipinski definition) is 2. The van der Waals surface area contributed by atoms with Gasteiger partial charge >= 0.3 is 171 Å². The van der Waals surface area contributed by atoms with Gasteiger partial charge in [0.2, 0.25) is 0 Å². The number of ether oxygens (including phenoxy) is 1. The molecule has 0 N–H and O–H groups in total. The Morgan fingerprint density at radius 3 is 2.15 bits per heavy atom. The van der Waals surface area contributed by atoms with E-state index in [1.54, 1.807) is 19.2 Å². The van der Waals surface area contributed by atoms with Crippen molar-refractivity contribution in [3.8, 4) is 5.75 Å². The molecule has 0 spiro atoms. The van der Waals surface area contributed by atoms with Gasteiger partial charge in [-0.25, -0.2) is 0 Å². The quantitative estimate of drug-likeness (QED) is 0.445. The average molecular weight is 451 g/mol. The molecule has 0 heterocycles. The average Bonchev–Trinajstić information content (AvgIpc) is 2.61. The van der Waals surface area contributed by atoms with Gasteiger partial charge in [-0.2, -0.15) is 0 Å². The molecule has 0 radical (unpaired) electrons. The van der Waals surface area contributed by atoms with E-state index in [1.165, 1.54) is 17.2 Å². The van der Waals surface area contributed by atoms with E-state index in [2.05, 4.69) is 64.1 Å². The Morgan fingerprint density at radius 1 is 1.04 bits per heavy atom. The van der Waals surface area contributed by atoms with Gasteiger partial charge < -0.3 is 0 Å². The summed E-state index contributed by atoms with van der Waals surface area (Å²) in [4.78, 5) is 0. The monoisotopic (exact) mass is 453 g/mol. The van der Waals surface area contributed by atoms with Crippen molar-refractivity contribution in [2.24, 2.45) is 3.50 Å². The maximum absolute atomic E-state index is 13.8. The molecule has 2 nitrogen and oxygen atoms in total. The standard InChI is InChI=1S/C12H17N.C11H13FO.Mo/c1-8(2)10-6-5-7-11(9(3)4)12(10)13;1-11(2,3)9-7-8(12)5-6-10(9)13-4;/h5-9H,1-4H3;1,5-7H,2-4H3;. The summed E-state index contributed by atoms with van der Waals surface area (Å²) in [7, 11) is 1.63. The van der Waals surface area contributed by atoms with Crippen LogP contribution in [-0.2, 0) is 23.3 Å². The van der Waals surface area contributed by atoms with Gasteiger partial charge in [-0.1, -0.05) is 0 Å². The predicted molar refractivity (Wildman–Crippen MR) is 109 cm³/mol. The molecule has 0 bridgehead atoms. The van der Waals surface area contributed by atoms with Crippen molar-refractivity contribution in [2.75, 3.05) is 7.11 Å². The van der Waals surface area contributed by atoms with Crippen molar-refractivity contribution in [2.45, 2.75) is 58.8 Å². The Bertz CT molecular complexity index is 838. The second kappa shape index (κ2) is 9.15. The topological polar surface area (TPSA) is 21.6 Å². The van der Waals surface area contributed by atoms with E-state index in [0.29, 0.717) is 11.8 Å². The zero-order chi connectivity index (χ0) is 20.2. The van der Waals surface area contributed by atoms with Gasteiger partial charge in [0.15, 0.2) is 0 Å². The van der Waals surface area contributed by atoms with E-state index in [0.717, 1.165) is 17.0 Å². The van der Waals surface area contributed by atoms with Gasteiger partial charge in [-0.15, -0.1) is 0 Å². The number of rotatable bonds is 6. The number of hydrogen-bond donors (Lipinski definition) is 0. The van der Waals surface area contributed by atoms with Gasteiger partial charge in [0, 0.05) is 0 Å². The molecule has 0 fully saturated rings. The maximum atomic E-state index is 13.8. The Labute approximate surface area is 171 Å². The zero-order valence-electron chi connectivity index (χ0n) is 17.3. The first-order valence-electron chi connectivity index (χ1n) is 9.35. The third-order valence-corrected chi connectivity index (χ3v) is 7.10. The summed E-state index contributed by atoms with van der Waals surface area (Å²) in [5, 5.41) is 0. The van der Waals surface area contributed by atoms with Gasteiger partial charge in [0.05, 0.1) is 0 Å². The molecule has 0 aliphatic heterocycles. The summed E-state index contributed by atoms with van der Waals surface area (Å²) >= 11 is -0.765. The summed E-state index contributed by atoms with van der Waals surface area (Å²) in [5.74, 6) is 1.35. The Hall–Kier alpha value is -1.47. The molecule has 0 aliphatic carbocycles. The van der Waals surface area contributed by atoms with Crippen molar-refractivity contribution in [1.82, 2.24) is 0 Å². The molecule has 0 amide bonds. The second-order valence-corrected chi connectivity index (χ2v) is 9.52. The predicted octanol–water partition coefficient (Wildman–Crippen LogP) is 6.76. The normalized spacial score (nSPS) is 11.6. The molecule has 2 aromatic carbocycles. The van der Waals surface area contributed by atoms with Crippen molar-refractivity contribution in [1.29, 1.82) is 0 Å².